The van der Waals surface area contributed by atoms with Crippen LogP contribution in [0.3, 0.4) is 0 Å². The van der Waals surface area contributed by atoms with E-state index in [2.05, 4.69) is 10.1 Å². The molecule has 1 aliphatic heterocycles. The second kappa shape index (κ2) is 5.71. The zero-order valence-corrected chi connectivity index (χ0v) is 10.6. The summed E-state index contributed by atoms with van der Waals surface area (Å²) in [6.07, 6.45) is 2.89. The predicted octanol–water partition coefficient (Wildman–Crippen LogP) is 1.16. The van der Waals surface area contributed by atoms with Gasteiger partial charge < -0.3 is 10.1 Å². The minimum Gasteiger partial charge on any atom is -0.469 e. The summed E-state index contributed by atoms with van der Waals surface area (Å²) >= 11 is 0. The molecule has 0 aliphatic carbocycles. The first-order valence-electron chi connectivity index (χ1n) is 6.26. The van der Waals surface area contributed by atoms with E-state index in [1.165, 1.54) is 7.11 Å². The molecule has 1 aromatic rings. The lowest BCUT2D eigenvalue weighted by Gasteiger charge is -2.22. The molecule has 0 radical (unpaired) electrons. The van der Waals surface area contributed by atoms with Crippen molar-refractivity contribution in [2.75, 3.05) is 19.0 Å². The minimum absolute atomic E-state index is 0.0360. The summed E-state index contributed by atoms with van der Waals surface area (Å²) in [5, 5.41) is 3.27. The van der Waals surface area contributed by atoms with Crippen molar-refractivity contribution in [1.82, 2.24) is 4.57 Å². The number of ether oxygens (including phenoxy) is 1. The van der Waals surface area contributed by atoms with Gasteiger partial charge in [-0.05, 0) is 30.9 Å². The number of carbonyl (C=O) groups excluding carboxylic acids is 1. The van der Waals surface area contributed by atoms with Crippen LogP contribution in [0.4, 0.5) is 5.82 Å². The fourth-order valence-electron chi connectivity index (χ4n) is 2.23. The zero-order chi connectivity index (χ0) is 13.0. The Morgan fingerprint density at radius 2 is 2.33 bits per heavy atom. The maximum absolute atomic E-state index is 11.7. The Hall–Kier alpha value is -1.78. The van der Waals surface area contributed by atoms with Crippen molar-refractivity contribution in [2.24, 2.45) is 0 Å². The third-order valence-electron chi connectivity index (χ3n) is 3.17. The number of nitrogens with zero attached hydrogens (tertiary/aromatic N) is 1. The highest BCUT2D eigenvalue weighted by Gasteiger charge is 2.13. The first kappa shape index (κ1) is 12.7. The summed E-state index contributed by atoms with van der Waals surface area (Å²) in [6.45, 7) is 1.67. The molecule has 5 nitrogen and oxygen atoms in total. The number of nitrogens with one attached hydrogen (secondary N) is 1. The van der Waals surface area contributed by atoms with Crippen LogP contribution in [0, 0.1) is 0 Å². The molecule has 0 unspecified atom stereocenters. The van der Waals surface area contributed by atoms with E-state index < -0.39 is 0 Å². The maximum atomic E-state index is 11.7. The molecule has 2 heterocycles. The van der Waals surface area contributed by atoms with Crippen LogP contribution in [0.25, 0.3) is 0 Å². The average molecular weight is 250 g/mol. The van der Waals surface area contributed by atoms with Gasteiger partial charge in [-0.3, -0.25) is 14.2 Å². The first-order chi connectivity index (χ1) is 8.72. The standard InChI is InChI=1S/C13H18N2O3/c1-18-12(17)5-2-4-10-6-7-11(16)15-9-3-8-14-13(10)15/h6-7,14H,2-5,8-9H2,1H3. The largest absolute Gasteiger partial charge is 0.469 e. The van der Waals surface area contributed by atoms with E-state index in [0.717, 1.165) is 43.7 Å². The fourth-order valence-corrected chi connectivity index (χ4v) is 2.23. The van der Waals surface area contributed by atoms with E-state index in [4.69, 9.17) is 0 Å². The lowest BCUT2D eigenvalue weighted by atomic mass is 10.1. The van der Waals surface area contributed by atoms with Crippen LogP contribution in [0.5, 0.6) is 0 Å². The van der Waals surface area contributed by atoms with Crippen molar-refractivity contribution in [3.8, 4) is 0 Å². The Morgan fingerprint density at radius 1 is 1.50 bits per heavy atom. The predicted molar refractivity (Wildman–Crippen MR) is 68.8 cm³/mol. The highest BCUT2D eigenvalue weighted by Crippen LogP contribution is 2.19. The van der Waals surface area contributed by atoms with Crippen LogP contribution in [0.2, 0.25) is 0 Å². The van der Waals surface area contributed by atoms with E-state index in [1.807, 2.05) is 6.07 Å². The molecule has 2 rings (SSSR count). The number of pyridine rings is 1. The van der Waals surface area contributed by atoms with Gasteiger partial charge in [-0.2, -0.15) is 0 Å². The molecule has 0 saturated heterocycles. The zero-order valence-electron chi connectivity index (χ0n) is 10.6. The van der Waals surface area contributed by atoms with Crippen LogP contribution in [-0.2, 0) is 22.5 Å². The molecule has 98 valence electrons. The average Bonchev–Trinajstić information content (AvgIpc) is 2.41. The quantitative estimate of drug-likeness (QED) is 0.815. The number of fused-ring (bicyclic) bond motifs is 1. The molecule has 0 saturated carbocycles. The number of carbonyl (C=O) groups is 1. The second-order valence-corrected chi connectivity index (χ2v) is 4.41. The molecule has 0 bridgehead atoms. The number of anilines is 1. The first-order valence-corrected chi connectivity index (χ1v) is 6.26. The van der Waals surface area contributed by atoms with E-state index >= 15 is 0 Å². The van der Waals surface area contributed by atoms with Gasteiger partial charge in [0.1, 0.15) is 5.82 Å². The van der Waals surface area contributed by atoms with Crippen molar-refractivity contribution >= 4 is 11.8 Å². The summed E-state index contributed by atoms with van der Waals surface area (Å²) in [7, 11) is 1.40. The topological polar surface area (TPSA) is 60.3 Å². The SMILES string of the molecule is COC(=O)CCCc1ccc(=O)n2c1NCCC2. The van der Waals surface area contributed by atoms with Crippen molar-refractivity contribution in [2.45, 2.75) is 32.2 Å². The molecule has 18 heavy (non-hydrogen) atoms. The highest BCUT2D eigenvalue weighted by molar-refractivity contribution is 5.69. The number of aromatic nitrogens is 1. The summed E-state index contributed by atoms with van der Waals surface area (Å²) in [6, 6.07) is 3.45. The normalized spacial score (nSPS) is 13.6. The van der Waals surface area contributed by atoms with Gasteiger partial charge in [0.25, 0.3) is 5.56 Å². The second-order valence-electron chi connectivity index (χ2n) is 4.41. The Morgan fingerprint density at radius 3 is 3.11 bits per heavy atom. The molecule has 1 aromatic heterocycles. The van der Waals surface area contributed by atoms with Gasteiger partial charge in [-0.1, -0.05) is 0 Å². The summed E-state index contributed by atoms with van der Waals surface area (Å²) in [5.41, 5.74) is 1.13. The molecule has 1 aliphatic rings. The Kier molecular flexibility index (Phi) is 4.02. The summed E-state index contributed by atoms with van der Waals surface area (Å²) < 4.78 is 6.38. The molecule has 0 fully saturated rings. The number of rotatable bonds is 4. The van der Waals surface area contributed by atoms with Crippen LogP contribution in [-0.4, -0.2) is 24.2 Å². The van der Waals surface area contributed by atoms with Gasteiger partial charge in [0, 0.05) is 25.6 Å². The van der Waals surface area contributed by atoms with Gasteiger partial charge in [0.2, 0.25) is 0 Å². The summed E-state index contributed by atoms with van der Waals surface area (Å²) in [4.78, 5) is 22.7. The fraction of sp³-hybridized carbons (Fsp3) is 0.538. The smallest absolute Gasteiger partial charge is 0.305 e. The van der Waals surface area contributed by atoms with E-state index in [-0.39, 0.29) is 11.5 Å². The van der Waals surface area contributed by atoms with Gasteiger partial charge in [0.05, 0.1) is 7.11 Å². The number of hydrogen-bond donors (Lipinski definition) is 1. The Labute approximate surface area is 106 Å². The highest BCUT2D eigenvalue weighted by atomic mass is 16.5. The minimum atomic E-state index is -0.190. The molecule has 0 amide bonds. The van der Waals surface area contributed by atoms with E-state index in [0.29, 0.717) is 6.42 Å². The van der Waals surface area contributed by atoms with Crippen molar-refractivity contribution < 1.29 is 9.53 Å². The summed E-state index contributed by atoms with van der Waals surface area (Å²) in [5.74, 6) is 0.726. The third-order valence-corrected chi connectivity index (χ3v) is 3.17. The van der Waals surface area contributed by atoms with Gasteiger partial charge in [0.15, 0.2) is 0 Å². The number of aryl methyl sites for hydroxylation is 1. The molecular formula is C13H18N2O3. The van der Waals surface area contributed by atoms with Gasteiger partial charge in [-0.25, -0.2) is 0 Å². The monoisotopic (exact) mass is 250 g/mol. The third kappa shape index (κ3) is 2.72. The lowest BCUT2D eigenvalue weighted by molar-refractivity contribution is -0.140. The maximum Gasteiger partial charge on any atom is 0.305 e. The van der Waals surface area contributed by atoms with E-state index in [9.17, 15) is 9.59 Å². The van der Waals surface area contributed by atoms with E-state index in [1.54, 1.807) is 10.6 Å². The molecule has 1 N–H and O–H groups in total. The number of esters is 1. The van der Waals surface area contributed by atoms with Crippen molar-refractivity contribution in [1.29, 1.82) is 0 Å². The van der Waals surface area contributed by atoms with Crippen LogP contribution in [0.15, 0.2) is 16.9 Å². The van der Waals surface area contributed by atoms with Crippen molar-refractivity contribution in [3.05, 3.63) is 28.0 Å². The number of methoxy groups -OCH3 is 1. The molecule has 5 heteroatoms. The lowest BCUT2D eigenvalue weighted by Crippen LogP contribution is -2.29. The molecule has 0 aromatic carbocycles. The number of hydrogen-bond acceptors (Lipinski definition) is 4. The molecular weight excluding hydrogens is 232 g/mol. The molecule has 0 atom stereocenters. The van der Waals surface area contributed by atoms with Crippen LogP contribution >= 0.6 is 0 Å². The van der Waals surface area contributed by atoms with Gasteiger partial charge >= 0.3 is 5.97 Å². The van der Waals surface area contributed by atoms with Crippen LogP contribution < -0.4 is 10.9 Å². The van der Waals surface area contributed by atoms with Crippen LogP contribution in [0.1, 0.15) is 24.8 Å². The van der Waals surface area contributed by atoms with Crippen molar-refractivity contribution in [3.63, 3.8) is 0 Å². The Bertz CT molecular complexity index is 493. The van der Waals surface area contributed by atoms with Gasteiger partial charge in [-0.15, -0.1) is 0 Å². The Balaban J connectivity index is 2.09. The molecule has 0 spiro atoms.